The van der Waals surface area contributed by atoms with Crippen molar-refractivity contribution in [2.75, 3.05) is 24.2 Å². The van der Waals surface area contributed by atoms with Gasteiger partial charge in [0.05, 0.1) is 11.9 Å². The normalized spacial score (nSPS) is 12.2. The molecule has 7 nitrogen and oxygen atoms in total. The van der Waals surface area contributed by atoms with Crippen molar-refractivity contribution in [3.05, 3.63) is 62.5 Å². The summed E-state index contributed by atoms with van der Waals surface area (Å²) in [4.78, 5) is 26.8. The Kier molecular flexibility index (Phi) is 8.76. The van der Waals surface area contributed by atoms with E-state index >= 15 is 0 Å². The van der Waals surface area contributed by atoms with E-state index in [4.69, 9.17) is 23.2 Å². The molecule has 2 aromatic carbocycles. The molecule has 0 aliphatic heterocycles. The molecule has 0 radical (unpaired) electrons. The molecule has 31 heavy (non-hydrogen) atoms. The van der Waals surface area contributed by atoms with Crippen LogP contribution in [0.5, 0.6) is 0 Å². The second kappa shape index (κ2) is 10.7. The Hall–Kier alpha value is -1.81. The molecule has 1 atom stereocenters. The first-order chi connectivity index (χ1) is 14.4. The highest BCUT2D eigenvalue weighted by atomic mass is 79.9. The van der Waals surface area contributed by atoms with E-state index in [1.54, 1.807) is 43.3 Å². The summed E-state index contributed by atoms with van der Waals surface area (Å²) in [7, 11) is -2.31. The number of nitrogens with one attached hydrogen (secondary N) is 1. The minimum absolute atomic E-state index is 0.00135. The van der Waals surface area contributed by atoms with Gasteiger partial charge in [-0.25, -0.2) is 8.42 Å². The van der Waals surface area contributed by atoms with E-state index in [-0.39, 0.29) is 6.54 Å². The van der Waals surface area contributed by atoms with Gasteiger partial charge in [0, 0.05) is 28.1 Å². The quantitative estimate of drug-likeness (QED) is 0.543. The van der Waals surface area contributed by atoms with E-state index in [0.717, 1.165) is 15.0 Å². The average molecular weight is 551 g/mol. The largest absolute Gasteiger partial charge is 0.357 e. The van der Waals surface area contributed by atoms with Crippen molar-refractivity contribution in [3.63, 3.8) is 0 Å². The first kappa shape index (κ1) is 25.5. The molecule has 0 aliphatic carbocycles. The third kappa shape index (κ3) is 6.83. The van der Waals surface area contributed by atoms with E-state index in [1.807, 2.05) is 0 Å². The molecule has 1 N–H and O–H groups in total. The number of amides is 2. The zero-order chi connectivity index (χ0) is 23.3. The molecule has 11 heteroatoms. The molecule has 168 valence electrons. The minimum atomic E-state index is -3.77. The number of halogens is 3. The van der Waals surface area contributed by atoms with Gasteiger partial charge in [-0.15, -0.1) is 0 Å². The second-order valence-corrected chi connectivity index (χ2v) is 10.5. The van der Waals surface area contributed by atoms with E-state index in [9.17, 15) is 18.0 Å². The third-order valence-corrected chi connectivity index (χ3v) is 6.82. The van der Waals surface area contributed by atoms with Gasteiger partial charge in [-0.3, -0.25) is 13.9 Å². The maximum absolute atomic E-state index is 13.2. The molecule has 0 saturated heterocycles. The monoisotopic (exact) mass is 549 g/mol. The highest BCUT2D eigenvalue weighted by Crippen LogP contribution is 2.25. The maximum Gasteiger partial charge on any atom is 0.244 e. The Balaban J connectivity index is 2.40. The van der Waals surface area contributed by atoms with Gasteiger partial charge < -0.3 is 10.2 Å². The van der Waals surface area contributed by atoms with Crippen molar-refractivity contribution in [2.45, 2.75) is 19.5 Å². The molecule has 0 unspecified atom stereocenters. The van der Waals surface area contributed by atoms with Gasteiger partial charge in [-0.1, -0.05) is 45.2 Å². The fourth-order valence-electron chi connectivity index (χ4n) is 2.85. The molecule has 2 aromatic rings. The van der Waals surface area contributed by atoms with Crippen LogP contribution in [0.3, 0.4) is 0 Å². The van der Waals surface area contributed by atoms with Crippen LogP contribution in [0.25, 0.3) is 0 Å². The van der Waals surface area contributed by atoms with Crippen LogP contribution in [-0.2, 0) is 26.2 Å². The molecule has 0 fully saturated rings. The lowest BCUT2D eigenvalue weighted by atomic mass is 10.1. The Morgan fingerprint density at radius 2 is 1.74 bits per heavy atom. The Bertz CT molecular complexity index is 1060. The van der Waals surface area contributed by atoms with E-state index in [1.165, 1.54) is 18.0 Å². The van der Waals surface area contributed by atoms with Gasteiger partial charge in [0.1, 0.15) is 12.6 Å². The third-order valence-electron chi connectivity index (χ3n) is 4.56. The summed E-state index contributed by atoms with van der Waals surface area (Å²) in [5.41, 5.74) is 0.904. The van der Waals surface area contributed by atoms with E-state index in [2.05, 4.69) is 21.2 Å². The zero-order valence-electron chi connectivity index (χ0n) is 17.1. The van der Waals surface area contributed by atoms with Crippen LogP contribution >= 0.6 is 39.1 Å². The number of hydrogen-bond acceptors (Lipinski definition) is 4. The molecular weight excluding hydrogens is 529 g/mol. The van der Waals surface area contributed by atoms with Crippen molar-refractivity contribution < 1.29 is 18.0 Å². The van der Waals surface area contributed by atoms with Gasteiger partial charge >= 0.3 is 0 Å². The number of carbonyl (C=O) groups is 2. The SMILES string of the molecule is CNC(=O)[C@H](C)N(Cc1ccc(Cl)cc1Cl)C(=O)CN(c1ccc(Br)cc1)S(C)(=O)=O. The summed E-state index contributed by atoms with van der Waals surface area (Å²) in [6.45, 7) is 1.08. The number of sulfonamides is 1. The highest BCUT2D eigenvalue weighted by Gasteiger charge is 2.30. The van der Waals surface area contributed by atoms with Crippen LogP contribution in [-0.4, -0.2) is 51.0 Å². The molecule has 0 aliphatic rings. The first-order valence-corrected chi connectivity index (χ1v) is 12.5. The van der Waals surface area contributed by atoms with Gasteiger partial charge in [0.2, 0.25) is 21.8 Å². The van der Waals surface area contributed by atoms with Crippen LogP contribution in [0.1, 0.15) is 12.5 Å². The van der Waals surface area contributed by atoms with Crippen molar-refractivity contribution >= 4 is 66.7 Å². The summed E-state index contributed by atoms with van der Waals surface area (Å²) in [6.07, 6.45) is 1.02. The zero-order valence-corrected chi connectivity index (χ0v) is 21.0. The number of rotatable bonds is 8. The number of nitrogens with zero attached hydrogens (tertiary/aromatic N) is 2. The average Bonchev–Trinajstić information content (AvgIpc) is 2.70. The summed E-state index contributed by atoms with van der Waals surface area (Å²) in [5.74, 6) is -0.955. The number of benzene rings is 2. The predicted molar refractivity (Wildman–Crippen MR) is 127 cm³/mol. The summed E-state index contributed by atoms with van der Waals surface area (Å²) >= 11 is 15.5. The number of anilines is 1. The van der Waals surface area contributed by atoms with Gasteiger partial charge in [-0.05, 0) is 48.9 Å². The van der Waals surface area contributed by atoms with Crippen LogP contribution in [0.2, 0.25) is 10.0 Å². The Labute approximate surface area is 200 Å². The Morgan fingerprint density at radius 1 is 1.13 bits per heavy atom. The van der Waals surface area contributed by atoms with Crippen molar-refractivity contribution in [1.82, 2.24) is 10.2 Å². The molecule has 2 amide bonds. The standard InChI is InChI=1S/C20H22BrCl2N3O4S/c1-13(20(28)24-2)25(11-14-4-7-16(22)10-18(14)23)19(27)12-26(31(3,29)30)17-8-5-15(21)6-9-17/h4-10,13H,11-12H2,1-3H3,(H,24,28)/t13-/m0/s1. The van der Waals surface area contributed by atoms with Crippen molar-refractivity contribution in [3.8, 4) is 0 Å². The first-order valence-electron chi connectivity index (χ1n) is 9.12. The summed E-state index contributed by atoms with van der Waals surface area (Å²) < 4.78 is 26.6. The van der Waals surface area contributed by atoms with Crippen LogP contribution in [0.4, 0.5) is 5.69 Å². The molecule has 0 aromatic heterocycles. The Morgan fingerprint density at radius 3 is 2.26 bits per heavy atom. The van der Waals surface area contributed by atoms with Gasteiger partial charge in [-0.2, -0.15) is 0 Å². The lowest BCUT2D eigenvalue weighted by Gasteiger charge is -2.31. The van der Waals surface area contributed by atoms with Crippen LogP contribution in [0.15, 0.2) is 46.9 Å². The molecule has 0 bridgehead atoms. The fourth-order valence-corrected chi connectivity index (χ4v) is 4.43. The van der Waals surface area contributed by atoms with Crippen molar-refractivity contribution in [2.24, 2.45) is 0 Å². The van der Waals surface area contributed by atoms with Crippen LogP contribution < -0.4 is 9.62 Å². The minimum Gasteiger partial charge on any atom is -0.357 e. The van der Waals surface area contributed by atoms with Gasteiger partial charge in [0.25, 0.3) is 0 Å². The van der Waals surface area contributed by atoms with Crippen molar-refractivity contribution in [1.29, 1.82) is 0 Å². The van der Waals surface area contributed by atoms with E-state index in [0.29, 0.717) is 21.3 Å². The second-order valence-electron chi connectivity index (χ2n) is 6.79. The smallest absolute Gasteiger partial charge is 0.244 e. The fraction of sp³-hybridized carbons (Fsp3) is 0.300. The highest BCUT2D eigenvalue weighted by molar-refractivity contribution is 9.10. The molecule has 0 heterocycles. The molecule has 0 spiro atoms. The predicted octanol–water partition coefficient (Wildman–Crippen LogP) is 3.69. The number of hydrogen-bond donors (Lipinski definition) is 1. The van der Waals surface area contributed by atoms with Gasteiger partial charge in [0.15, 0.2) is 0 Å². The molecule has 2 rings (SSSR count). The lowest BCUT2D eigenvalue weighted by molar-refractivity contribution is -0.139. The summed E-state index contributed by atoms with van der Waals surface area (Å²) in [6, 6.07) is 10.5. The maximum atomic E-state index is 13.2. The molecule has 0 saturated carbocycles. The number of carbonyl (C=O) groups excluding carboxylic acids is 2. The van der Waals surface area contributed by atoms with Crippen LogP contribution in [0, 0.1) is 0 Å². The number of likely N-dealkylation sites (N-methyl/N-ethyl adjacent to an activating group) is 1. The molecular formula is C20H22BrCl2N3O4S. The topological polar surface area (TPSA) is 86.8 Å². The summed E-state index contributed by atoms with van der Waals surface area (Å²) in [5, 5.41) is 3.28. The lowest BCUT2D eigenvalue weighted by Crippen LogP contribution is -2.50. The van der Waals surface area contributed by atoms with E-state index < -0.39 is 34.4 Å².